The Balaban J connectivity index is 2.29. The van der Waals surface area contributed by atoms with Crippen LogP contribution in [0.2, 0.25) is 0 Å². The Bertz CT molecular complexity index is 159. The molecule has 3 N–H and O–H groups in total. The molecule has 1 atom stereocenters. The van der Waals surface area contributed by atoms with E-state index in [1.165, 1.54) is 25.7 Å². The monoisotopic (exact) mass is 184 g/mol. The van der Waals surface area contributed by atoms with E-state index >= 15 is 0 Å². The summed E-state index contributed by atoms with van der Waals surface area (Å²) in [6.45, 7) is 0. The summed E-state index contributed by atoms with van der Waals surface area (Å²) in [7, 11) is 0. The van der Waals surface area contributed by atoms with Gasteiger partial charge in [-0.15, -0.1) is 0 Å². The molecule has 1 saturated heterocycles. The van der Waals surface area contributed by atoms with Crippen molar-refractivity contribution in [3.05, 3.63) is 0 Å². The Labute approximate surface area is 80.1 Å². The van der Waals surface area contributed by atoms with E-state index in [0.717, 1.165) is 19.3 Å². The second-order valence-corrected chi connectivity index (χ2v) is 3.83. The van der Waals surface area contributed by atoms with Crippen LogP contribution in [0.4, 0.5) is 0 Å². The fourth-order valence-electron chi connectivity index (χ4n) is 1.71. The molecule has 76 valence electrons. The molecule has 3 heteroatoms. The molecule has 1 aliphatic heterocycles. The summed E-state index contributed by atoms with van der Waals surface area (Å²) in [6, 6.07) is 0. The number of carbonyl (C=O) groups is 1. The molecule has 0 aromatic heterocycles. The first-order valence-corrected chi connectivity index (χ1v) is 5.34. The zero-order chi connectivity index (χ0) is 9.52. The van der Waals surface area contributed by atoms with Gasteiger partial charge in [-0.25, -0.2) is 0 Å². The lowest BCUT2D eigenvalue weighted by atomic mass is 10.1. The van der Waals surface area contributed by atoms with E-state index < -0.39 is 0 Å². The third-order valence-electron chi connectivity index (χ3n) is 2.52. The molecule has 0 aromatic carbocycles. The van der Waals surface area contributed by atoms with Gasteiger partial charge in [0.15, 0.2) is 0 Å². The smallest absolute Gasteiger partial charge is 0.221 e. The van der Waals surface area contributed by atoms with Crippen LogP contribution in [0, 0.1) is 0 Å². The molecule has 0 saturated carbocycles. The number of rotatable bonds is 0. The first-order chi connectivity index (χ1) is 6.29. The van der Waals surface area contributed by atoms with Gasteiger partial charge in [0.05, 0.1) is 6.17 Å². The van der Waals surface area contributed by atoms with Crippen LogP contribution in [0.5, 0.6) is 0 Å². The zero-order valence-electron chi connectivity index (χ0n) is 8.22. The van der Waals surface area contributed by atoms with Gasteiger partial charge in [0.1, 0.15) is 0 Å². The van der Waals surface area contributed by atoms with Crippen LogP contribution in [0.15, 0.2) is 0 Å². The molecular weight excluding hydrogens is 164 g/mol. The summed E-state index contributed by atoms with van der Waals surface area (Å²) in [4.78, 5) is 11.2. The molecule has 3 nitrogen and oxygen atoms in total. The van der Waals surface area contributed by atoms with Crippen LogP contribution < -0.4 is 11.1 Å². The maximum absolute atomic E-state index is 11.2. The fraction of sp³-hybridized carbons (Fsp3) is 0.900. The number of nitrogens with one attached hydrogen (secondary N) is 1. The minimum Gasteiger partial charge on any atom is -0.341 e. The van der Waals surface area contributed by atoms with Crippen molar-refractivity contribution in [2.75, 3.05) is 0 Å². The highest BCUT2D eigenvalue weighted by atomic mass is 16.1. The van der Waals surface area contributed by atoms with E-state index in [4.69, 9.17) is 5.73 Å². The van der Waals surface area contributed by atoms with E-state index in [2.05, 4.69) is 5.32 Å². The summed E-state index contributed by atoms with van der Waals surface area (Å²) >= 11 is 0. The standard InChI is InChI=1S/C10H20N2O/c11-9-7-5-3-1-2-4-6-8-10(13)12-9/h9H,1-8,11H2,(H,12,13). The predicted octanol–water partition coefficient (Wildman–Crippen LogP) is 1.52. The second kappa shape index (κ2) is 5.97. The van der Waals surface area contributed by atoms with Gasteiger partial charge in [-0.3, -0.25) is 4.79 Å². The van der Waals surface area contributed by atoms with Crippen LogP contribution in [0.3, 0.4) is 0 Å². The minimum atomic E-state index is -0.120. The average Bonchev–Trinajstić information content (AvgIpc) is 2.11. The highest BCUT2D eigenvalue weighted by Crippen LogP contribution is 2.10. The molecule has 0 bridgehead atoms. The molecule has 13 heavy (non-hydrogen) atoms. The number of carbonyl (C=O) groups excluding carboxylic acids is 1. The number of hydrogen-bond acceptors (Lipinski definition) is 2. The molecule has 0 radical (unpaired) electrons. The van der Waals surface area contributed by atoms with Crippen molar-refractivity contribution >= 4 is 5.91 Å². The van der Waals surface area contributed by atoms with Gasteiger partial charge in [-0.05, 0) is 12.8 Å². The number of hydrogen-bond donors (Lipinski definition) is 2. The van der Waals surface area contributed by atoms with Crippen molar-refractivity contribution in [2.45, 2.75) is 57.5 Å². The number of amides is 1. The SMILES string of the molecule is NC1CCCCCCCCC(=O)N1. The molecule has 1 rings (SSSR count). The molecule has 0 aromatic rings. The lowest BCUT2D eigenvalue weighted by Gasteiger charge is -2.12. The molecule has 1 unspecified atom stereocenters. The lowest BCUT2D eigenvalue weighted by Crippen LogP contribution is -2.41. The van der Waals surface area contributed by atoms with E-state index in [1.54, 1.807) is 0 Å². The van der Waals surface area contributed by atoms with Crippen molar-refractivity contribution in [3.8, 4) is 0 Å². The Morgan fingerprint density at radius 2 is 1.69 bits per heavy atom. The summed E-state index contributed by atoms with van der Waals surface area (Å²) < 4.78 is 0. The quantitative estimate of drug-likeness (QED) is 0.599. The van der Waals surface area contributed by atoms with Gasteiger partial charge in [0.2, 0.25) is 5.91 Å². The Morgan fingerprint density at radius 1 is 1.08 bits per heavy atom. The van der Waals surface area contributed by atoms with E-state index in [9.17, 15) is 4.79 Å². The Morgan fingerprint density at radius 3 is 2.46 bits per heavy atom. The van der Waals surface area contributed by atoms with Crippen molar-refractivity contribution < 1.29 is 4.79 Å². The summed E-state index contributed by atoms with van der Waals surface area (Å²) in [6.07, 6.45) is 8.60. The predicted molar refractivity (Wildman–Crippen MR) is 53.1 cm³/mol. The first-order valence-electron chi connectivity index (χ1n) is 5.34. The van der Waals surface area contributed by atoms with Gasteiger partial charge in [0, 0.05) is 6.42 Å². The molecule has 0 aliphatic carbocycles. The Hall–Kier alpha value is -0.570. The van der Waals surface area contributed by atoms with Crippen LogP contribution in [0.25, 0.3) is 0 Å². The highest BCUT2D eigenvalue weighted by Gasteiger charge is 2.08. The van der Waals surface area contributed by atoms with Crippen molar-refractivity contribution in [1.29, 1.82) is 0 Å². The molecule has 0 spiro atoms. The molecule has 1 heterocycles. The largest absolute Gasteiger partial charge is 0.341 e. The molecule has 1 amide bonds. The third-order valence-corrected chi connectivity index (χ3v) is 2.52. The van der Waals surface area contributed by atoms with Gasteiger partial charge >= 0.3 is 0 Å². The number of nitrogens with two attached hydrogens (primary N) is 1. The van der Waals surface area contributed by atoms with Crippen molar-refractivity contribution in [1.82, 2.24) is 5.32 Å². The summed E-state index contributed by atoms with van der Waals surface area (Å²) in [5, 5.41) is 2.82. The third kappa shape index (κ3) is 4.88. The summed E-state index contributed by atoms with van der Waals surface area (Å²) in [5.74, 6) is 0.120. The van der Waals surface area contributed by atoms with Gasteiger partial charge < -0.3 is 11.1 Å². The van der Waals surface area contributed by atoms with Crippen LogP contribution in [-0.2, 0) is 4.79 Å². The Kier molecular flexibility index (Phi) is 4.83. The average molecular weight is 184 g/mol. The fourth-order valence-corrected chi connectivity index (χ4v) is 1.71. The second-order valence-electron chi connectivity index (χ2n) is 3.83. The maximum atomic E-state index is 11.2. The first kappa shape index (κ1) is 10.5. The van der Waals surface area contributed by atoms with Crippen LogP contribution in [-0.4, -0.2) is 12.1 Å². The van der Waals surface area contributed by atoms with Crippen molar-refractivity contribution in [2.24, 2.45) is 5.73 Å². The molecule has 1 aliphatic rings. The maximum Gasteiger partial charge on any atom is 0.221 e. The molecular formula is C10H20N2O. The normalized spacial score (nSPS) is 27.5. The highest BCUT2D eigenvalue weighted by molar-refractivity contribution is 5.76. The van der Waals surface area contributed by atoms with E-state index in [1.807, 2.05) is 0 Å². The van der Waals surface area contributed by atoms with Gasteiger partial charge in [-0.2, -0.15) is 0 Å². The van der Waals surface area contributed by atoms with Crippen LogP contribution in [0.1, 0.15) is 51.4 Å². The van der Waals surface area contributed by atoms with Gasteiger partial charge in [-0.1, -0.05) is 32.1 Å². The lowest BCUT2D eigenvalue weighted by molar-refractivity contribution is -0.121. The van der Waals surface area contributed by atoms with E-state index in [-0.39, 0.29) is 12.1 Å². The topological polar surface area (TPSA) is 55.1 Å². The van der Waals surface area contributed by atoms with E-state index in [0.29, 0.717) is 6.42 Å². The molecule has 1 fully saturated rings. The van der Waals surface area contributed by atoms with Gasteiger partial charge in [0.25, 0.3) is 0 Å². The summed E-state index contributed by atoms with van der Waals surface area (Å²) in [5.41, 5.74) is 5.73. The van der Waals surface area contributed by atoms with Crippen LogP contribution >= 0.6 is 0 Å². The van der Waals surface area contributed by atoms with Crippen molar-refractivity contribution in [3.63, 3.8) is 0 Å². The minimum absolute atomic E-state index is 0.120. The zero-order valence-corrected chi connectivity index (χ0v) is 8.22.